The quantitative estimate of drug-likeness (QED) is 0.736. The Morgan fingerprint density at radius 2 is 2.39 bits per heavy atom. The van der Waals surface area contributed by atoms with Crippen molar-refractivity contribution in [2.75, 3.05) is 16.4 Å². The highest BCUT2D eigenvalue weighted by atomic mass is 32.1. The second-order valence-electron chi connectivity index (χ2n) is 4.10. The molecule has 0 radical (unpaired) electrons. The maximum Gasteiger partial charge on any atom is 0.228 e. The van der Waals surface area contributed by atoms with Crippen molar-refractivity contribution >= 4 is 34.3 Å². The maximum atomic E-state index is 11.3. The topological polar surface area (TPSA) is 80.0 Å². The number of nitrogens with zero attached hydrogens (tertiary/aromatic N) is 1. The molecule has 2 aromatic rings. The Hall–Kier alpha value is -2.08. The number of amides is 1. The molecule has 6 heteroatoms. The molecule has 0 bridgehead atoms. The number of carbonyl (C=O) groups is 1. The predicted molar refractivity (Wildman–Crippen MR) is 72.6 cm³/mol. The summed E-state index contributed by atoms with van der Waals surface area (Å²) in [6, 6.07) is 3.72. The smallest absolute Gasteiger partial charge is 0.228 e. The monoisotopic (exact) mass is 260 g/mol. The molecule has 0 atom stereocenters. The van der Waals surface area contributed by atoms with Crippen LogP contribution in [0.3, 0.4) is 0 Å². The van der Waals surface area contributed by atoms with Crippen LogP contribution in [0.4, 0.5) is 17.1 Å². The SMILES string of the molecule is Nc1cc2c(cc1NCc1nccs1)NC(=O)C2. The number of benzene rings is 1. The van der Waals surface area contributed by atoms with E-state index in [0.29, 0.717) is 18.7 Å². The first-order valence-corrected chi connectivity index (χ1v) is 6.45. The molecule has 4 N–H and O–H groups in total. The molecule has 0 saturated heterocycles. The fourth-order valence-corrected chi connectivity index (χ4v) is 2.51. The van der Waals surface area contributed by atoms with E-state index in [1.807, 2.05) is 17.5 Å². The third kappa shape index (κ3) is 2.02. The summed E-state index contributed by atoms with van der Waals surface area (Å²) in [6.07, 6.45) is 2.18. The molecule has 0 unspecified atom stereocenters. The van der Waals surface area contributed by atoms with E-state index < -0.39 is 0 Å². The van der Waals surface area contributed by atoms with Gasteiger partial charge in [-0.3, -0.25) is 4.79 Å². The zero-order valence-corrected chi connectivity index (χ0v) is 10.4. The third-order valence-corrected chi connectivity index (χ3v) is 3.59. The van der Waals surface area contributed by atoms with Crippen LogP contribution < -0.4 is 16.4 Å². The Morgan fingerprint density at radius 1 is 1.50 bits per heavy atom. The summed E-state index contributed by atoms with van der Waals surface area (Å²) in [5, 5.41) is 8.97. The van der Waals surface area contributed by atoms with Crippen LogP contribution in [-0.4, -0.2) is 10.9 Å². The lowest BCUT2D eigenvalue weighted by Gasteiger charge is -2.10. The fourth-order valence-electron chi connectivity index (χ4n) is 1.96. The Bertz CT molecular complexity index is 594. The van der Waals surface area contributed by atoms with Crippen LogP contribution in [-0.2, 0) is 17.8 Å². The van der Waals surface area contributed by atoms with Crippen molar-refractivity contribution in [1.29, 1.82) is 0 Å². The molecule has 3 rings (SSSR count). The second-order valence-corrected chi connectivity index (χ2v) is 5.08. The van der Waals surface area contributed by atoms with Gasteiger partial charge in [0.05, 0.1) is 24.3 Å². The van der Waals surface area contributed by atoms with E-state index in [2.05, 4.69) is 15.6 Å². The van der Waals surface area contributed by atoms with Gasteiger partial charge in [0, 0.05) is 17.3 Å². The predicted octanol–water partition coefficient (Wildman–Crippen LogP) is 1.83. The highest BCUT2D eigenvalue weighted by molar-refractivity contribution is 7.09. The van der Waals surface area contributed by atoms with Crippen molar-refractivity contribution in [3.8, 4) is 0 Å². The van der Waals surface area contributed by atoms with Crippen molar-refractivity contribution < 1.29 is 4.79 Å². The molecule has 0 spiro atoms. The molecule has 0 aliphatic carbocycles. The van der Waals surface area contributed by atoms with E-state index in [1.54, 1.807) is 17.5 Å². The highest BCUT2D eigenvalue weighted by Gasteiger charge is 2.19. The first kappa shape index (κ1) is 11.0. The minimum absolute atomic E-state index is 0.0153. The second kappa shape index (κ2) is 4.30. The summed E-state index contributed by atoms with van der Waals surface area (Å²) < 4.78 is 0. The number of nitrogens with two attached hydrogens (primary N) is 1. The number of hydrogen-bond acceptors (Lipinski definition) is 5. The van der Waals surface area contributed by atoms with Crippen molar-refractivity contribution in [2.24, 2.45) is 0 Å². The molecule has 1 amide bonds. The van der Waals surface area contributed by atoms with Gasteiger partial charge in [0.1, 0.15) is 5.01 Å². The van der Waals surface area contributed by atoms with Crippen molar-refractivity contribution in [1.82, 2.24) is 4.98 Å². The Labute approximate surface area is 108 Å². The van der Waals surface area contributed by atoms with Gasteiger partial charge in [0.15, 0.2) is 0 Å². The molecule has 2 heterocycles. The number of aromatic nitrogens is 1. The van der Waals surface area contributed by atoms with Gasteiger partial charge >= 0.3 is 0 Å². The standard InChI is InChI=1S/C12H12N4OS/c13-8-3-7-4-11(17)16-9(7)5-10(8)15-6-12-14-1-2-18-12/h1-3,5,15H,4,6,13H2,(H,16,17). The van der Waals surface area contributed by atoms with Crippen LogP contribution in [0.5, 0.6) is 0 Å². The molecule has 1 aliphatic rings. The van der Waals surface area contributed by atoms with E-state index in [0.717, 1.165) is 21.9 Å². The molecule has 18 heavy (non-hydrogen) atoms. The summed E-state index contributed by atoms with van der Waals surface area (Å²) in [5.74, 6) is 0.0153. The van der Waals surface area contributed by atoms with E-state index in [4.69, 9.17) is 5.73 Å². The molecular weight excluding hydrogens is 248 g/mol. The number of thiazole rings is 1. The van der Waals surface area contributed by atoms with Crippen molar-refractivity contribution in [3.05, 3.63) is 34.3 Å². The van der Waals surface area contributed by atoms with Crippen LogP contribution in [0.25, 0.3) is 0 Å². The van der Waals surface area contributed by atoms with Crippen LogP contribution in [0.1, 0.15) is 10.6 Å². The molecule has 1 aromatic heterocycles. The first-order valence-electron chi connectivity index (χ1n) is 5.57. The minimum Gasteiger partial charge on any atom is -0.397 e. The number of nitrogens with one attached hydrogen (secondary N) is 2. The van der Waals surface area contributed by atoms with Crippen LogP contribution in [0, 0.1) is 0 Å². The van der Waals surface area contributed by atoms with Gasteiger partial charge < -0.3 is 16.4 Å². The minimum atomic E-state index is 0.0153. The lowest BCUT2D eigenvalue weighted by molar-refractivity contribution is -0.115. The van der Waals surface area contributed by atoms with E-state index >= 15 is 0 Å². The summed E-state index contributed by atoms with van der Waals surface area (Å²) >= 11 is 1.59. The van der Waals surface area contributed by atoms with Crippen molar-refractivity contribution in [2.45, 2.75) is 13.0 Å². The van der Waals surface area contributed by atoms with Crippen LogP contribution >= 0.6 is 11.3 Å². The van der Waals surface area contributed by atoms with Gasteiger partial charge in [0.25, 0.3) is 0 Å². The van der Waals surface area contributed by atoms with E-state index in [9.17, 15) is 4.79 Å². The summed E-state index contributed by atoms with van der Waals surface area (Å²) in [6.45, 7) is 0.634. The van der Waals surface area contributed by atoms with E-state index in [1.165, 1.54) is 0 Å². The number of anilines is 3. The molecule has 5 nitrogen and oxygen atoms in total. The summed E-state index contributed by atoms with van der Waals surface area (Å²) in [5.41, 5.74) is 9.24. The lowest BCUT2D eigenvalue weighted by atomic mass is 10.1. The Morgan fingerprint density at radius 3 is 3.17 bits per heavy atom. The van der Waals surface area contributed by atoms with Crippen molar-refractivity contribution in [3.63, 3.8) is 0 Å². The van der Waals surface area contributed by atoms with Gasteiger partial charge in [-0.05, 0) is 17.7 Å². The lowest BCUT2D eigenvalue weighted by Crippen LogP contribution is -2.04. The molecule has 0 fully saturated rings. The fraction of sp³-hybridized carbons (Fsp3) is 0.167. The number of carbonyl (C=O) groups excluding carboxylic acids is 1. The normalized spacial score (nSPS) is 13.2. The number of nitrogen functional groups attached to an aromatic ring is 1. The van der Waals surface area contributed by atoms with Gasteiger partial charge in [-0.1, -0.05) is 0 Å². The number of hydrogen-bond donors (Lipinski definition) is 3. The molecule has 0 saturated carbocycles. The summed E-state index contributed by atoms with van der Waals surface area (Å²) in [4.78, 5) is 15.5. The van der Waals surface area contributed by atoms with Gasteiger partial charge in [0.2, 0.25) is 5.91 Å². The third-order valence-electron chi connectivity index (χ3n) is 2.81. The zero-order valence-electron chi connectivity index (χ0n) is 9.56. The largest absolute Gasteiger partial charge is 0.397 e. The summed E-state index contributed by atoms with van der Waals surface area (Å²) in [7, 11) is 0. The van der Waals surface area contributed by atoms with Gasteiger partial charge in [-0.25, -0.2) is 4.98 Å². The Balaban J connectivity index is 1.80. The Kier molecular flexibility index (Phi) is 2.64. The average molecular weight is 260 g/mol. The highest BCUT2D eigenvalue weighted by Crippen LogP contribution is 2.31. The zero-order chi connectivity index (χ0) is 12.5. The first-order chi connectivity index (χ1) is 8.72. The molecule has 1 aromatic carbocycles. The van der Waals surface area contributed by atoms with Gasteiger partial charge in [-0.15, -0.1) is 11.3 Å². The molecular formula is C12H12N4OS. The maximum absolute atomic E-state index is 11.3. The average Bonchev–Trinajstić information content (AvgIpc) is 2.94. The van der Waals surface area contributed by atoms with Gasteiger partial charge in [-0.2, -0.15) is 0 Å². The number of rotatable bonds is 3. The number of fused-ring (bicyclic) bond motifs is 1. The molecule has 1 aliphatic heterocycles. The van der Waals surface area contributed by atoms with Crippen LogP contribution in [0.15, 0.2) is 23.7 Å². The molecule has 92 valence electrons. The van der Waals surface area contributed by atoms with Crippen LogP contribution in [0.2, 0.25) is 0 Å². The van der Waals surface area contributed by atoms with E-state index in [-0.39, 0.29) is 5.91 Å².